The van der Waals surface area contributed by atoms with E-state index < -0.39 is 11.6 Å². The largest absolute Gasteiger partial charge is 0.490 e. The van der Waals surface area contributed by atoms with Crippen molar-refractivity contribution in [1.29, 1.82) is 0 Å². The monoisotopic (exact) mass is 461 g/mol. The molecule has 0 saturated carbocycles. The summed E-state index contributed by atoms with van der Waals surface area (Å²) in [6.07, 6.45) is 3.76. The van der Waals surface area contributed by atoms with E-state index in [-0.39, 0.29) is 24.4 Å². The van der Waals surface area contributed by atoms with Crippen molar-refractivity contribution in [2.75, 3.05) is 26.3 Å². The lowest BCUT2D eigenvalue weighted by Crippen LogP contribution is -2.44. The minimum atomic E-state index is -1.05. The summed E-state index contributed by atoms with van der Waals surface area (Å²) < 4.78 is 11.6. The minimum absolute atomic E-state index is 0.119. The molecule has 2 saturated heterocycles. The molecule has 4 amide bonds. The third-order valence-corrected chi connectivity index (χ3v) is 7.45. The molecule has 1 spiro atoms. The van der Waals surface area contributed by atoms with Crippen LogP contribution in [0.15, 0.2) is 42.5 Å². The van der Waals surface area contributed by atoms with Gasteiger partial charge in [-0.15, -0.1) is 0 Å². The Bertz CT molecular complexity index is 1180. The van der Waals surface area contributed by atoms with Gasteiger partial charge in [-0.25, -0.2) is 4.79 Å². The topological polar surface area (TPSA) is 88.2 Å². The second-order valence-corrected chi connectivity index (χ2v) is 9.39. The Morgan fingerprint density at radius 2 is 1.88 bits per heavy atom. The van der Waals surface area contributed by atoms with E-state index in [0.29, 0.717) is 31.9 Å². The highest BCUT2D eigenvalue weighted by Gasteiger charge is 2.55. The third-order valence-electron chi connectivity index (χ3n) is 7.45. The van der Waals surface area contributed by atoms with E-state index in [1.54, 1.807) is 4.90 Å². The van der Waals surface area contributed by atoms with Crippen molar-refractivity contribution in [2.45, 2.75) is 43.7 Å². The van der Waals surface area contributed by atoms with Gasteiger partial charge in [-0.2, -0.15) is 0 Å². The Morgan fingerprint density at radius 3 is 2.76 bits per heavy atom. The molecule has 8 heteroatoms. The summed E-state index contributed by atoms with van der Waals surface area (Å²) >= 11 is 0. The third kappa shape index (κ3) is 3.23. The number of fused-ring (bicyclic) bond motifs is 3. The average molecular weight is 462 g/mol. The fourth-order valence-electron chi connectivity index (χ4n) is 5.76. The molecule has 2 aromatic rings. The van der Waals surface area contributed by atoms with Crippen LogP contribution in [0.2, 0.25) is 0 Å². The number of aryl methyl sites for hydroxylation is 1. The molecule has 4 aliphatic rings. The first kappa shape index (κ1) is 21.0. The predicted molar refractivity (Wildman–Crippen MR) is 122 cm³/mol. The molecule has 2 unspecified atom stereocenters. The first-order valence-electron chi connectivity index (χ1n) is 12.0. The molecule has 1 aliphatic carbocycles. The number of likely N-dealkylation sites (tertiary alicyclic amines) is 1. The summed E-state index contributed by atoms with van der Waals surface area (Å²) in [5.74, 6) is 0.868. The Balaban J connectivity index is 1.21. The molecule has 2 atom stereocenters. The van der Waals surface area contributed by atoms with Crippen LogP contribution in [-0.2, 0) is 21.5 Å². The van der Waals surface area contributed by atoms with Crippen LogP contribution in [0.1, 0.15) is 48.4 Å². The number of hydrogen-bond acceptors (Lipinski definition) is 5. The fourth-order valence-corrected chi connectivity index (χ4v) is 5.76. The lowest BCUT2D eigenvalue weighted by molar-refractivity contribution is -0.139. The molecule has 2 aromatic carbocycles. The van der Waals surface area contributed by atoms with Gasteiger partial charge in [-0.3, -0.25) is 14.5 Å². The summed E-state index contributed by atoms with van der Waals surface area (Å²) in [6, 6.07) is 12.9. The van der Waals surface area contributed by atoms with Crippen LogP contribution in [0.5, 0.6) is 11.5 Å². The molecule has 3 aliphatic heterocycles. The van der Waals surface area contributed by atoms with E-state index >= 15 is 0 Å². The van der Waals surface area contributed by atoms with Gasteiger partial charge in [0, 0.05) is 13.0 Å². The van der Waals surface area contributed by atoms with Gasteiger partial charge in [-0.05, 0) is 54.5 Å². The maximum absolute atomic E-state index is 13.4. The molecule has 0 radical (unpaired) electrons. The van der Waals surface area contributed by atoms with Crippen molar-refractivity contribution in [2.24, 2.45) is 0 Å². The zero-order valence-electron chi connectivity index (χ0n) is 18.9. The van der Waals surface area contributed by atoms with Crippen LogP contribution >= 0.6 is 0 Å². The molecule has 1 N–H and O–H groups in total. The number of nitrogens with one attached hydrogen (secondary N) is 1. The molecular weight excluding hydrogens is 434 g/mol. The van der Waals surface area contributed by atoms with E-state index in [4.69, 9.17) is 9.47 Å². The minimum Gasteiger partial charge on any atom is -0.490 e. The molecule has 3 heterocycles. The molecule has 0 bridgehead atoms. The van der Waals surface area contributed by atoms with E-state index in [9.17, 15) is 14.4 Å². The highest BCUT2D eigenvalue weighted by Crippen LogP contribution is 2.42. The molecule has 2 fully saturated rings. The number of ether oxygens (including phenoxy) is 2. The summed E-state index contributed by atoms with van der Waals surface area (Å²) in [5, 5.41) is 2.90. The molecule has 8 nitrogen and oxygen atoms in total. The summed E-state index contributed by atoms with van der Waals surface area (Å²) in [4.78, 5) is 42.5. The molecule has 0 aromatic heterocycles. The average Bonchev–Trinajstić information content (AvgIpc) is 3.48. The lowest BCUT2D eigenvalue weighted by atomic mass is 9.92. The number of rotatable bonds is 3. The van der Waals surface area contributed by atoms with E-state index in [0.717, 1.165) is 53.0 Å². The van der Waals surface area contributed by atoms with Crippen molar-refractivity contribution in [3.63, 3.8) is 0 Å². The number of carbonyl (C=O) groups excluding carboxylic acids is 3. The Hall–Kier alpha value is -3.55. The van der Waals surface area contributed by atoms with E-state index in [2.05, 4.69) is 5.32 Å². The van der Waals surface area contributed by atoms with Crippen LogP contribution < -0.4 is 14.8 Å². The Labute approximate surface area is 197 Å². The van der Waals surface area contributed by atoms with E-state index in [1.165, 1.54) is 0 Å². The van der Waals surface area contributed by atoms with Gasteiger partial charge in [-0.1, -0.05) is 30.3 Å². The first-order chi connectivity index (χ1) is 16.6. The van der Waals surface area contributed by atoms with Crippen molar-refractivity contribution in [3.05, 3.63) is 59.2 Å². The van der Waals surface area contributed by atoms with Crippen molar-refractivity contribution in [1.82, 2.24) is 15.1 Å². The zero-order valence-corrected chi connectivity index (χ0v) is 18.9. The molecular formula is C26H27N3O5. The van der Waals surface area contributed by atoms with Gasteiger partial charge in [0.1, 0.15) is 12.1 Å². The highest BCUT2D eigenvalue weighted by atomic mass is 16.5. The highest BCUT2D eigenvalue weighted by molar-refractivity contribution is 6.10. The second kappa shape index (κ2) is 8.04. The van der Waals surface area contributed by atoms with Crippen LogP contribution in [0.3, 0.4) is 0 Å². The smallest absolute Gasteiger partial charge is 0.325 e. The first-order valence-corrected chi connectivity index (χ1v) is 12.0. The number of carbonyl (C=O) groups is 3. The summed E-state index contributed by atoms with van der Waals surface area (Å²) in [7, 11) is 0. The van der Waals surface area contributed by atoms with Crippen molar-refractivity contribution < 1.29 is 23.9 Å². The normalized spacial score (nSPS) is 25.5. The number of imide groups is 1. The summed E-state index contributed by atoms with van der Waals surface area (Å²) in [5.41, 5.74) is 1.84. The standard InChI is InChI=1S/C26H27N3O5/c30-23(16-29-24(31)26(27-25(29)32)11-10-17-5-1-2-6-19(17)26)28-12-3-7-20(28)18-8-9-21-22(15-18)34-14-4-13-33-21/h1-2,5-6,8-9,15,20H,3-4,7,10-14,16H2,(H,27,32). The number of urea groups is 1. The number of benzene rings is 2. The second-order valence-electron chi connectivity index (χ2n) is 9.39. The lowest BCUT2D eigenvalue weighted by Gasteiger charge is -2.27. The van der Waals surface area contributed by atoms with Gasteiger partial charge in [0.15, 0.2) is 11.5 Å². The SMILES string of the molecule is O=C1NC2(CCc3ccccc32)C(=O)N1CC(=O)N1CCCC1c1ccc2c(c1)OCCCO2. The van der Waals surface area contributed by atoms with Crippen LogP contribution in [0.4, 0.5) is 4.79 Å². The van der Waals surface area contributed by atoms with Crippen LogP contribution in [0.25, 0.3) is 0 Å². The van der Waals surface area contributed by atoms with Crippen molar-refractivity contribution >= 4 is 17.8 Å². The van der Waals surface area contributed by atoms with Gasteiger partial charge < -0.3 is 19.7 Å². The Kier molecular flexibility index (Phi) is 4.97. The van der Waals surface area contributed by atoms with Crippen LogP contribution in [0, 0.1) is 0 Å². The van der Waals surface area contributed by atoms with Crippen LogP contribution in [-0.4, -0.2) is 53.9 Å². The molecule has 176 valence electrons. The number of nitrogens with zero attached hydrogens (tertiary/aromatic N) is 2. The molecule has 6 rings (SSSR count). The zero-order chi connectivity index (χ0) is 23.3. The number of amides is 4. The maximum Gasteiger partial charge on any atom is 0.325 e. The van der Waals surface area contributed by atoms with Crippen molar-refractivity contribution in [3.8, 4) is 11.5 Å². The van der Waals surface area contributed by atoms with Gasteiger partial charge in [0.05, 0.1) is 19.3 Å². The molecule has 34 heavy (non-hydrogen) atoms. The predicted octanol–water partition coefficient (Wildman–Crippen LogP) is 2.90. The maximum atomic E-state index is 13.4. The van der Waals surface area contributed by atoms with E-state index in [1.807, 2.05) is 42.5 Å². The van der Waals surface area contributed by atoms with Gasteiger partial charge in [0.2, 0.25) is 5.91 Å². The number of hydrogen-bond donors (Lipinski definition) is 1. The van der Waals surface area contributed by atoms with Gasteiger partial charge >= 0.3 is 6.03 Å². The Morgan fingerprint density at radius 1 is 1.06 bits per heavy atom. The fraction of sp³-hybridized carbons (Fsp3) is 0.423. The quantitative estimate of drug-likeness (QED) is 0.711. The van der Waals surface area contributed by atoms with Gasteiger partial charge in [0.25, 0.3) is 5.91 Å². The summed E-state index contributed by atoms with van der Waals surface area (Å²) in [6.45, 7) is 1.56.